The van der Waals surface area contributed by atoms with Gasteiger partial charge >= 0.3 is 35.3 Å². The van der Waals surface area contributed by atoms with E-state index in [1.165, 1.54) is 0 Å². The van der Waals surface area contributed by atoms with Gasteiger partial charge in [0.1, 0.15) is 6.10 Å². The Hall–Kier alpha value is -0.650. The van der Waals surface area contributed by atoms with Gasteiger partial charge in [-0.05, 0) is 12.8 Å². The van der Waals surface area contributed by atoms with Crippen LogP contribution in [0.2, 0.25) is 0 Å². The van der Waals surface area contributed by atoms with Crippen molar-refractivity contribution in [3.8, 4) is 0 Å². The first-order valence-corrected chi connectivity index (χ1v) is 5.63. The second kappa shape index (κ2) is 6.05. The summed E-state index contributed by atoms with van der Waals surface area (Å²) in [6.07, 6.45) is 0.206. The molecule has 0 saturated heterocycles. The first kappa shape index (κ1) is 16.8. The Bertz CT molecular complexity index is 182. The van der Waals surface area contributed by atoms with Crippen LogP contribution in [0.4, 0.5) is 25.8 Å². The number of hydrogen-bond donors (Lipinski definition) is 1. The molecular weight excluding hydrogens is 246 g/mol. The summed E-state index contributed by atoms with van der Waals surface area (Å²) in [6, 6.07) is 0. The van der Waals surface area contributed by atoms with Crippen molar-refractivity contribution in [3.05, 3.63) is 0 Å². The molecule has 0 aliphatic carbocycles. The van der Waals surface area contributed by atoms with Crippen molar-refractivity contribution in [2.24, 2.45) is 0 Å². The number of halogens is 5. The Labute approximate surface area is 83.7 Å². The molecule has 0 aromatic carbocycles. The van der Waals surface area contributed by atoms with Crippen LogP contribution in [0.15, 0.2) is 0 Å². The molecule has 0 spiro atoms. The zero-order valence-electron chi connectivity index (χ0n) is 8.09. The molecule has 0 aromatic heterocycles. The Morgan fingerprint density at radius 2 is 1.47 bits per heavy atom. The minimum absolute atomic E-state index is 0.123. The van der Waals surface area contributed by atoms with Crippen LogP contribution in [0.1, 0.15) is 26.7 Å². The third-order valence-corrected chi connectivity index (χ3v) is 1.18. The predicted molar refractivity (Wildman–Crippen MR) is 45.9 cm³/mol. The summed E-state index contributed by atoms with van der Waals surface area (Å²) in [5.74, 6) is 0. The molecule has 94 valence electrons. The molecule has 15 heavy (non-hydrogen) atoms. The summed E-state index contributed by atoms with van der Waals surface area (Å²) < 4.78 is 53.7. The quantitative estimate of drug-likeness (QED) is 0.448. The van der Waals surface area contributed by atoms with Crippen LogP contribution in [0.5, 0.6) is 0 Å². The number of ether oxygens (including phenoxy) is 1. The molecule has 0 aromatic rings. The first-order chi connectivity index (χ1) is 6.44. The van der Waals surface area contributed by atoms with Gasteiger partial charge in [0.2, 0.25) is 0 Å². The molecule has 9 heteroatoms. The van der Waals surface area contributed by atoms with Gasteiger partial charge in [0.15, 0.2) is 0 Å². The number of carboxylic acid groups (broad SMARTS) is 1. The molecule has 0 bridgehead atoms. The SMILES string of the molecule is CCC(CC)OC(=O)O.FP(F)(F)(F)F. The van der Waals surface area contributed by atoms with Crippen LogP contribution < -0.4 is 0 Å². The van der Waals surface area contributed by atoms with Crippen LogP contribution in [-0.2, 0) is 4.74 Å². The summed E-state index contributed by atoms with van der Waals surface area (Å²) in [6.45, 7) is 3.80. The van der Waals surface area contributed by atoms with E-state index in [1.54, 1.807) is 0 Å². The van der Waals surface area contributed by atoms with Crippen LogP contribution in [0, 0.1) is 0 Å². The molecule has 0 saturated carbocycles. The zero-order valence-corrected chi connectivity index (χ0v) is 8.99. The molecule has 0 atom stereocenters. The molecule has 0 amide bonds. The second-order valence-corrected chi connectivity index (χ2v) is 3.74. The summed E-state index contributed by atoms with van der Waals surface area (Å²) >= 11 is 0. The van der Waals surface area contributed by atoms with E-state index in [2.05, 4.69) is 4.74 Å². The van der Waals surface area contributed by atoms with Gasteiger partial charge in [0, 0.05) is 0 Å². The Morgan fingerprint density at radius 1 is 1.20 bits per heavy atom. The van der Waals surface area contributed by atoms with Crippen LogP contribution in [0.3, 0.4) is 0 Å². The molecule has 0 unspecified atom stereocenters. The van der Waals surface area contributed by atoms with Crippen LogP contribution in [0.25, 0.3) is 0 Å². The van der Waals surface area contributed by atoms with Gasteiger partial charge in [-0.1, -0.05) is 13.8 Å². The van der Waals surface area contributed by atoms with E-state index < -0.39 is 14.3 Å². The molecule has 0 radical (unpaired) electrons. The van der Waals surface area contributed by atoms with E-state index in [-0.39, 0.29) is 6.10 Å². The monoisotopic (exact) mass is 258 g/mol. The summed E-state index contributed by atoms with van der Waals surface area (Å²) in [5, 5.41) is 8.12. The number of carbonyl (C=O) groups is 1. The third kappa shape index (κ3) is 31.8. The number of rotatable bonds is 3. The first-order valence-electron chi connectivity index (χ1n) is 3.94. The van der Waals surface area contributed by atoms with Gasteiger partial charge in [0.25, 0.3) is 0 Å². The normalized spacial score (nSPS) is 13.5. The van der Waals surface area contributed by atoms with Gasteiger partial charge in [0.05, 0.1) is 0 Å². The molecule has 0 aliphatic rings. The second-order valence-electron chi connectivity index (χ2n) is 2.46. The van der Waals surface area contributed by atoms with E-state index in [0.717, 1.165) is 12.8 Å². The average molecular weight is 258 g/mol. The number of hydrogen-bond acceptors (Lipinski definition) is 2. The van der Waals surface area contributed by atoms with E-state index in [9.17, 15) is 25.8 Å². The van der Waals surface area contributed by atoms with Crippen molar-refractivity contribution in [1.29, 1.82) is 0 Å². The molecular formula is C6H12F5O3P. The van der Waals surface area contributed by atoms with Crippen LogP contribution >= 0.6 is 8.16 Å². The molecule has 0 fully saturated rings. The van der Waals surface area contributed by atoms with E-state index >= 15 is 0 Å². The fourth-order valence-corrected chi connectivity index (χ4v) is 0.598. The molecule has 0 aliphatic heterocycles. The van der Waals surface area contributed by atoms with Gasteiger partial charge in [-0.3, -0.25) is 0 Å². The van der Waals surface area contributed by atoms with E-state index in [1.807, 2.05) is 13.8 Å². The van der Waals surface area contributed by atoms with Crippen molar-refractivity contribution < 1.29 is 35.6 Å². The van der Waals surface area contributed by atoms with Gasteiger partial charge in [-0.25, -0.2) is 4.79 Å². The Balaban J connectivity index is 0. The maximum atomic E-state index is 9.91. The fraction of sp³-hybridized carbons (Fsp3) is 0.833. The minimum atomic E-state index is -8.55. The Morgan fingerprint density at radius 3 is 1.53 bits per heavy atom. The molecule has 0 heterocycles. The summed E-state index contributed by atoms with van der Waals surface area (Å²) in [5.41, 5.74) is 0. The topological polar surface area (TPSA) is 46.5 Å². The van der Waals surface area contributed by atoms with Crippen molar-refractivity contribution in [2.75, 3.05) is 0 Å². The van der Waals surface area contributed by atoms with Gasteiger partial charge < -0.3 is 9.84 Å². The average Bonchev–Trinajstić information content (AvgIpc) is 1.94. The third-order valence-electron chi connectivity index (χ3n) is 1.18. The molecule has 1 N–H and O–H groups in total. The van der Waals surface area contributed by atoms with Gasteiger partial charge in [-0.2, -0.15) is 0 Å². The maximum absolute atomic E-state index is 9.91. The van der Waals surface area contributed by atoms with E-state index in [4.69, 9.17) is 5.11 Å². The molecule has 0 rings (SSSR count). The summed E-state index contributed by atoms with van der Waals surface area (Å²) in [4.78, 5) is 9.91. The van der Waals surface area contributed by atoms with Crippen molar-refractivity contribution in [2.45, 2.75) is 32.8 Å². The Kier molecular flexibility index (Phi) is 6.76. The fourth-order valence-electron chi connectivity index (χ4n) is 0.598. The predicted octanol–water partition coefficient (Wildman–Crippen LogP) is 4.83. The van der Waals surface area contributed by atoms with Crippen molar-refractivity contribution >= 4 is 14.3 Å². The zero-order chi connectivity index (χ0) is 12.7. The van der Waals surface area contributed by atoms with Crippen LogP contribution in [-0.4, -0.2) is 17.4 Å². The van der Waals surface area contributed by atoms with Crippen molar-refractivity contribution in [1.82, 2.24) is 0 Å². The standard InChI is InChI=1S/C6H12O3.F5P/c1-3-5(4-2)9-6(7)8;1-6(2,3,4)5/h5H,3-4H2,1-2H3,(H,7,8);. The summed E-state index contributed by atoms with van der Waals surface area (Å²) in [7, 11) is -8.55. The molecule has 3 nitrogen and oxygen atoms in total. The van der Waals surface area contributed by atoms with E-state index in [0.29, 0.717) is 0 Å². The van der Waals surface area contributed by atoms with Crippen molar-refractivity contribution in [3.63, 3.8) is 0 Å². The van der Waals surface area contributed by atoms with Gasteiger partial charge in [-0.15, -0.1) is 0 Å².